The van der Waals surface area contributed by atoms with Crippen LogP contribution in [-0.4, -0.2) is 28.8 Å². The van der Waals surface area contributed by atoms with Crippen LogP contribution in [0.2, 0.25) is 10.0 Å². The fourth-order valence-electron chi connectivity index (χ4n) is 3.03. The number of benzene rings is 2. The fourth-order valence-corrected chi connectivity index (χ4v) is 3.55. The molecule has 0 aliphatic heterocycles. The standard InChI is InChI=1S/C23H28Cl2N2O2/c1-14(2)26-23(29)17(5)27(13-19-20(24)7-6-8-21(19)25)22(28)12-18-10-9-15(3)16(4)11-18/h6-11,14,17H,12-13H2,1-5H3,(H,26,29)/t17-/m0/s1. The molecule has 6 heteroatoms. The molecule has 0 aromatic heterocycles. The van der Waals surface area contributed by atoms with Gasteiger partial charge in [-0.2, -0.15) is 0 Å². The molecule has 1 N–H and O–H groups in total. The maximum absolute atomic E-state index is 13.2. The van der Waals surface area contributed by atoms with Crippen molar-refractivity contribution in [1.29, 1.82) is 0 Å². The number of aryl methyl sites for hydroxylation is 2. The van der Waals surface area contributed by atoms with E-state index in [1.165, 1.54) is 5.56 Å². The zero-order chi connectivity index (χ0) is 21.7. The monoisotopic (exact) mass is 434 g/mol. The largest absolute Gasteiger partial charge is 0.352 e. The summed E-state index contributed by atoms with van der Waals surface area (Å²) in [6, 6.07) is 10.5. The van der Waals surface area contributed by atoms with Crippen molar-refractivity contribution in [2.24, 2.45) is 0 Å². The Hall–Kier alpha value is -2.04. The Kier molecular flexibility index (Phi) is 8.12. The lowest BCUT2D eigenvalue weighted by atomic mass is 10.0. The minimum atomic E-state index is -0.663. The molecule has 0 aliphatic carbocycles. The van der Waals surface area contributed by atoms with E-state index < -0.39 is 6.04 Å². The Bertz CT molecular complexity index is 876. The molecule has 2 aromatic rings. The average Bonchev–Trinajstić information content (AvgIpc) is 2.63. The number of carbonyl (C=O) groups is 2. The number of rotatable bonds is 7. The minimum Gasteiger partial charge on any atom is -0.352 e. The van der Waals surface area contributed by atoms with Crippen molar-refractivity contribution in [3.8, 4) is 0 Å². The van der Waals surface area contributed by atoms with Crippen molar-refractivity contribution in [1.82, 2.24) is 10.2 Å². The third-order valence-electron chi connectivity index (χ3n) is 4.92. The van der Waals surface area contributed by atoms with Crippen LogP contribution in [0.3, 0.4) is 0 Å². The van der Waals surface area contributed by atoms with Gasteiger partial charge in [0, 0.05) is 28.2 Å². The smallest absolute Gasteiger partial charge is 0.242 e. The van der Waals surface area contributed by atoms with Crippen molar-refractivity contribution in [3.05, 3.63) is 68.7 Å². The average molecular weight is 435 g/mol. The van der Waals surface area contributed by atoms with E-state index in [0.717, 1.165) is 11.1 Å². The van der Waals surface area contributed by atoms with Gasteiger partial charge in [0.05, 0.1) is 6.42 Å². The molecule has 2 rings (SSSR count). The Balaban J connectivity index is 2.33. The highest BCUT2D eigenvalue weighted by Gasteiger charge is 2.27. The van der Waals surface area contributed by atoms with Gasteiger partial charge in [-0.25, -0.2) is 0 Å². The van der Waals surface area contributed by atoms with Crippen molar-refractivity contribution < 1.29 is 9.59 Å². The number of nitrogens with zero attached hydrogens (tertiary/aromatic N) is 1. The molecule has 0 saturated carbocycles. The Morgan fingerprint density at radius 1 is 1.00 bits per heavy atom. The number of halogens is 2. The molecule has 0 bridgehead atoms. The van der Waals surface area contributed by atoms with Gasteiger partial charge < -0.3 is 10.2 Å². The molecule has 29 heavy (non-hydrogen) atoms. The Morgan fingerprint density at radius 2 is 1.62 bits per heavy atom. The molecule has 0 spiro atoms. The van der Waals surface area contributed by atoms with Crippen molar-refractivity contribution in [2.75, 3.05) is 0 Å². The molecule has 0 heterocycles. The summed E-state index contributed by atoms with van der Waals surface area (Å²) in [5, 5.41) is 3.82. The lowest BCUT2D eigenvalue weighted by Crippen LogP contribution is -2.49. The molecule has 156 valence electrons. The van der Waals surface area contributed by atoms with Gasteiger partial charge >= 0.3 is 0 Å². The summed E-state index contributed by atoms with van der Waals surface area (Å²) >= 11 is 12.6. The van der Waals surface area contributed by atoms with Crippen LogP contribution >= 0.6 is 23.2 Å². The van der Waals surface area contributed by atoms with Crippen LogP contribution in [0.4, 0.5) is 0 Å². The SMILES string of the molecule is Cc1ccc(CC(=O)N(Cc2c(Cl)cccc2Cl)[C@@H](C)C(=O)NC(C)C)cc1C. The third-order valence-corrected chi connectivity index (χ3v) is 5.62. The lowest BCUT2D eigenvalue weighted by molar-refractivity contribution is -0.140. The van der Waals surface area contributed by atoms with Crippen LogP contribution in [-0.2, 0) is 22.6 Å². The quantitative estimate of drug-likeness (QED) is 0.658. The fraction of sp³-hybridized carbons (Fsp3) is 0.391. The van der Waals surface area contributed by atoms with E-state index in [1.54, 1.807) is 30.0 Å². The number of carbonyl (C=O) groups excluding carboxylic acids is 2. The highest BCUT2D eigenvalue weighted by molar-refractivity contribution is 6.36. The van der Waals surface area contributed by atoms with E-state index in [0.29, 0.717) is 15.6 Å². The first-order valence-electron chi connectivity index (χ1n) is 9.69. The first-order valence-corrected chi connectivity index (χ1v) is 10.4. The van der Waals surface area contributed by atoms with E-state index in [-0.39, 0.29) is 30.8 Å². The molecule has 2 aromatic carbocycles. The third kappa shape index (κ3) is 6.22. The van der Waals surface area contributed by atoms with Gasteiger partial charge in [-0.1, -0.05) is 47.5 Å². The molecule has 1 atom stereocenters. The van der Waals surface area contributed by atoms with E-state index in [2.05, 4.69) is 5.32 Å². The number of hydrogen-bond donors (Lipinski definition) is 1. The molecular weight excluding hydrogens is 407 g/mol. The van der Waals surface area contributed by atoms with Crippen LogP contribution in [0.15, 0.2) is 36.4 Å². The predicted octanol–water partition coefficient (Wildman–Crippen LogP) is 5.09. The van der Waals surface area contributed by atoms with E-state index in [1.807, 2.05) is 45.9 Å². The van der Waals surface area contributed by atoms with Gasteiger partial charge in [-0.05, 0) is 63.4 Å². The van der Waals surface area contributed by atoms with Gasteiger partial charge in [0.25, 0.3) is 0 Å². The molecule has 0 unspecified atom stereocenters. The van der Waals surface area contributed by atoms with Crippen molar-refractivity contribution in [3.63, 3.8) is 0 Å². The molecular formula is C23H28Cl2N2O2. The molecule has 4 nitrogen and oxygen atoms in total. The summed E-state index contributed by atoms with van der Waals surface area (Å²) in [5.74, 6) is -0.368. The first-order chi connectivity index (χ1) is 13.6. The second-order valence-electron chi connectivity index (χ2n) is 7.66. The van der Waals surface area contributed by atoms with Crippen LogP contribution in [0.5, 0.6) is 0 Å². The van der Waals surface area contributed by atoms with E-state index >= 15 is 0 Å². The van der Waals surface area contributed by atoms with Crippen LogP contribution in [0.25, 0.3) is 0 Å². The maximum Gasteiger partial charge on any atom is 0.242 e. The van der Waals surface area contributed by atoms with Crippen molar-refractivity contribution >= 4 is 35.0 Å². The molecule has 2 amide bonds. The summed E-state index contributed by atoms with van der Waals surface area (Å²) in [4.78, 5) is 27.4. The molecule has 0 aliphatic rings. The number of nitrogens with one attached hydrogen (secondary N) is 1. The number of hydrogen-bond acceptors (Lipinski definition) is 2. The zero-order valence-corrected chi connectivity index (χ0v) is 19.1. The van der Waals surface area contributed by atoms with Crippen molar-refractivity contribution in [2.45, 2.75) is 59.7 Å². The Morgan fingerprint density at radius 3 is 2.17 bits per heavy atom. The van der Waals surface area contributed by atoms with E-state index in [9.17, 15) is 9.59 Å². The highest BCUT2D eigenvalue weighted by atomic mass is 35.5. The molecule has 0 radical (unpaired) electrons. The lowest BCUT2D eigenvalue weighted by Gasteiger charge is -2.30. The molecule has 0 fully saturated rings. The Labute approximate surface area is 183 Å². The van der Waals surface area contributed by atoms with Crippen LogP contribution in [0.1, 0.15) is 43.0 Å². The van der Waals surface area contributed by atoms with Crippen LogP contribution in [0, 0.1) is 13.8 Å². The van der Waals surface area contributed by atoms with Gasteiger partial charge in [0.15, 0.2) is 0 Å². The van der Waals surface area contributed by atoms with Gasteiger partial charge in [-0.3, -0.25) is 9.59 Å². The highest BCUT2D eigenvalue weighted by Crippen LogP contribution is 2.27. The summed E-state index contributed by atoms with van der Waals surface area (Å²) in [7, 11) is 0. The second-order valence-corrected chi connectivity index (χ2v) is 8.47. The summed E-state index contributed by atoms with van der Waals surface area (Å²) in [6.45, 7) is 9.71. The van der Waals surface area contributed by atoms with Gasteiger partial charge in [0.1, 0.15) is 6.04 Å². The summed E-state index contributed by atoms with van der Waals surface area (Å²) in [6.07, 6.45) is 0.197. The van der Waals surface area contributed by atoms with Crippen LogP contribution < -0.4 is 5.32 Å². The first kappa shape index (κ1) is 23.2. The summed E-state index contributed by atoms with van der Waals surface area (Å²) in [5.41, 5.74) is 3.84. The minimum absolute atomic E-state index is 0.0226. The maximum atomic E-state index is 13.2. The number of amides is 2. The topological polar surface area (TPSA) is 49.4 Å². The van der Waals surface area contributed by atoms with E-state index in [4.69, 9.17) is 23.2 Å². The second kappa shape index (κ2) is 10.1. The normalized spacial score (nSPS) is 12.0. The summed E-state index contributed by atoms with van der Waals surface area (Å²) < 4.78 is 0. The molecule has 0 saturated heterocycles. The predicted molar refractivity (Wildman–Crippen MR) is 119 cm³/mol. The van der Waals surface area contributed by atoms with Gasteiger partial charge in [0.2, 0.25) is 11.8 Å². The van der Waals surface area contributed by atoms with Gasteiger partial charge in [-0.15, -0.1) is 0 Å². The zero-order valence-electron chi connectivity index (χ0n) is 17.6.